The molecule has 1 aromatic heterocycles. The van der Waals surface area contributed by atoms with Crippen LogP contribution in [0.15, 0.2) is 38.8 Å². The van der Waals surface area contributed by atoms with Gasteiger partial charge in [0.2, 0.25) is 0 Å². The van der Waals surface area contributed by atoms with E-state index in [1.165, 1.54) is 37.1 Å². The van der Waals surface area contributed by atoms with E-state index in [-0.39, 0.29) is 39.1 Å². The van der Waals surface area contributed by atoms with Gasteiger partial charge in [-0.2, -0.15) is 13.2 Å². The normalized spacial score (nSPS) is 16.5. The van der Waals surface area contributed by atoms with Crippen molar-refractivity contribution in [1.82, 2.24) is 19.8 Å². The first-order valence-electron chi connectivity index (χ1n) is 14.5. The van der Waals surface area contributed by atoms with E-state index < -0.39 is 73.1 Å². The molecule has 2 atom stereocenters. The van der Waals surface area contributed by atoms with Gasteiger partial charge in [0.05, 0.1) is 38.7 Å². The summed E-state index contributed by atoms with van der Waals surface area (Å²) in [5, 5.41) is 2.28. The van der Waals surface area contributed by atoms with E-state index in [0.29, 0.717) is 30.1 Å². The van der Waals surface area contributed by atoms with Crippen molar-refractivity contribution in [1.29, 1.82) is 0 Å². The minimum absolute atomic E-state index is 0.0123. The zero-order valence-electron chi connectivity index (χ0n) is 25.8. The lowest BCUT2D eigenvalue weighted by molar-refractivity contribution is -0.138. The number of nitrogens with one attached hydrogen (secondary N) is 2. The minimum Gasteiger partial charge on any atom is -0.444 e. The molecule has 0 aliphatic carbocycles. The lowest BCUT2D eigenvalue weighted by Gasteiger charge is -2.35. The summed E-state index contributed by atoms with van der Waals surface area (Å²) >= 11 is 12.7. The average molecular weight is 708 g/mol. The molecule has 2 N–H and O–H groups in total. The number of hydrogen-bond donors (Lipinski definition) is 2. The van der Waals surface area contributed by atoms with Crippen LogP contribution in [0.5, 0.6) is 0 Å². The predicted molar refractivity (Wildman–Crippen MR) is 170 cm³/mol. The van der Waals surface area contributed by atoms with Gasteiger partial charge in [0.25, 0.3) is 5.56 Å². The summed E-state index contributed by atoms with van der Waals surface area (Å²) in [7, 11) is -2.37. The molecule has 252 valence electrons. The van der Waals surface area contributed by atoms with Crippen LogP contribution in [0.2, 0.25) is 10.0 Å². The van der Waals surface area contributed by atoms with Gasteiger partial charge in [-0.25, -0.2) is 18.0 Å². The Morgan fingerprint density at radius 1 is 1.17 bits per heavy atom. The summed E-state index contributed by atoms with van der Waals surface area (Å²) in [5.41, 5.74) is -4.88. The summed E-state index contributed by atoms with van der Waals surface area (Å²) in [6, 6.07) is 3.70. The van der Waals surface area contributed by atoms with Gasteiger partial charge >= 0.3 is 18.0 Å². The Kier molecular flexibility index (Phi) is 10.3. The molecule has 10 nitrogen and oxygen atoms in total. The lowest BCUT2D eigenvalue weighted by atomic mass is 9.89. The third kappa shape index (κ3) is 7.56. The van der Waals surface area contributed by atoms with Crippen LogP contribution in [0.3, 0.4) is 0 Å². The second kappa shape index (κ2) is 13.2. The summed E-state index contributed by atoms with van der Waals surface area (Å²) in [6.45, 7) is 6.88. The monoisotopic (exact) mass is 706 g/mol. The number of amides is 1. The van der Waals surface area contributed by atoms with Gasteiger partial charge in [0.1, 0.15) is 5.60 Å². The summed E-state index contributed by atoms with van der Waals surface area (Å²) in [5.74, 6) is -0.525. The molecule has 2 heterocycles. The van der Waals surface area contributed by atoms with Crippen molar-refractivity contribution >= 4 is 50.0 Å². The molecular formula is C30H35Cl2F3N4O6S. The van der Waals surface area contributed by atoms with E-state index in [4.69, 9.17) is 27.9 Å². The van der Waals surface area contributed by atoms with Gasteiger partial charge < -0.3 is 19.9 Å². The molecule has 1 unspecified atom stereocenters. The largest absolute Gasteiger partial charge is 0.444 e. The summed E-state index contributed by atoms with van der Waals surface area (Å²) < 4.78 is 75.4. The molecule has 4 rings (SSSR count). The van der Waals surface area contributed by atoms with Crippen LogP contribution in [-0.2, 0) is 33.7 Å². The van der Waals surface area contributed by atoms with Crippen molar-refractivity contribution in [3.8, 4) is 0 Å². The number of fused-ring (bicyclic) bond motifs is 1. The highest BCUT2D eigenvalue weighted by molar-refractivity contribution is 7.91. The van der Waals surface area contributed by atoms with Crippen molar-refractivity contribution in [3.63, 3.8) is 0 Å². The van der Waals surface area contributed by atoms with Gasteiger partial charge in [-0.3, -0.25) is 9.36 Å². The Morgan fingerprint density at radius 2 is 1.85 bits per heavy atom. The maximum atomic E-state index is 14.7. The number of carbonyl (C=O) groups is 1. The molecule has 1 aliphatic rings. The van der Waals surface area contributed by atoms with Crippen LogP contribution in [0.1, 0.15) is 50.8 Å². The Morgan fingerprint density at radius 3 is 2.41 bits per heavy atom. The van der Waals surface area contributed by atoms with Gasteiger partial charge in [-0.15, -0.1) is 0 Å². The van der Waals surface area contributed by atoms with Crippen LogP contribution in [0, 0.1) is 5.92 Å². The van der Waals surface area contributed by atoms with E-state index in [1.807, 2.05) is 0 Å². The Labute approximate surface area is 273 Å². The van der Waals surface area contributed by atoms with Crippen LogP contribution in [-0.4, -0.2) is 66.5 Å². The third-order valence-electron chi connectivity index (χ3n) is 7.93. The number of ether oxygens (including phenoxy) is 1. The quantitative estimate of drug-likeness (QED) is 0.328. The van der Waals surface area contributed by atoms with Crippen LogP contribution >= 0.6 is 23.2 Å². The molecule has 1 amide bonds. The molecule has 2 aromatic carbocycles. The number of aromatic amines is 1. The molecular weight excluding hydrogens is 672 g/mol. The number of hydrogen-bond acceptors (Lipinski definition) is 7. The molecule has 1 fully saturated rings. The smallest absolute Gasteiger partial charge is 0.416 e. The zero-order chi connectivity index (χ0) is 34.4. The predicted octanol–water partition coefficient (Wildman–Crippen LogP) is 5.24. The van der Waals surface area contributed by atoms with Crippen molar-refractivity contribution in [2.24, 2.45) is 5.92 Å². The molecule has 3 aromatic rings. The molecule has 16 heteroatoms. The van der Waals surface area contributed by atoms with Gasteiger partial charge in [0, 0.05) is 18.1 Å². The first-order valence-corrected chi connectivity index (χ1v) is 16.9. The van der Waals surface area contributed by atoms with E-state index in [9.17, 15) is 36.0 Å². The second-order valence-corrected chi connectivity index (χ2v) is 15.3. The second-order valence-electron chi connectivity index (χ2n) is 12.2. The first kappa shape index (κ1) is 35.8. The minimum atomic E-state index is -4.97. The highest BCUT2D eigenvalue weighted by Gasteiger charge is 2.40. The maximum Gasteiger partial charge on any atom is 0.416 e. The SMILES string of the molecule is CCS(=O)(=O)c1ccc(Cl)cc1Cn1c(=O)[nH]c2c(Cl)c(C[C@@H](C3CCNC3)N(C)C(=O)OC(C)(C)C)c(C(F)(F)F)cc2c1=O. The van der Waals surface area contributed by atoms with Crippen molar-refractivity contribution < 1.29 is 31.1 Å². The number of H-pyrrole nitrogens is 1. The third-order valence-corrected chi connectivity index (χ3v) is 10.4. The summed E-state index contributed by atoms with van der Waals surface area (Å²) in [6.07, 6.45) is -5.47. The molecule has 46 heavy (non-hydrogen) atoms. The number of benzene rings is 2. The lowest BCUT2D eigenvalue weighted by Crippen LogP contribution is -2.46. The number of alkyl halides is 3. The average Bonchev–Trinajstić information content (AvgIpc) is 3.48. The number of nitrogens with zero attached hydrogens (tertiary/aromatic N) is 2. The van der Waals surface area contributed by atoms with E-state index >= 15 is 0 Å². The molecule has 1 saturated heterocycles. The van der Waals surface area contributed by atoms with E-state index in [0.717, 1.165) is 0 Å². The summed E-state index contributed by atoms with van der Waals surface area (Å²) in [4.78, 5) is 43.4. The van der Waals surface area contributed by atoms with Crippen LogP contribution in [0.25, 0.3) is 10.9 Å². The number of sulfone groups is 1. The van der Waals surface area contributed by atoms with Gasteiger partial charge in [0.15, 0.2) is 9.84 Å². The van der Waals surface area contributed by atoms with Crippen LogP contribution < -0.4 is 16.6 Å². The molecule has 1 aliphatic heterocycles. The molecule has 0 saturated carbocycles. The highest BCUT2D eigenvalue weighted by atomic mass is 35.5. The van der Waals surface area contributed by atoms with Gasteiger partial charge in [-0.05, 0) is 88.0 Å². The fraction of sp³-hybridized carbons (Fsp3) is 0.500. The van der Waals surface area contributed by atoms with Crippen LogP contribution in [0.4, 0.5) is 18.0 Å². The Bertz CT molecular complexity index is 1880. The molecule has 0 radical (unpaired) electrons. The standard InChI is InChI=1S/C30H35Cl2F3N4O6S/c1-6-46(43,44)23-8-7-18(31)11-17(23)15-39-26(40)20-12-21(30(33,34)35)19(24(32)25(20)37-27(39)41)13-22(16-9-10-36-14-16)38(5)28(42)45-29(2,3)4/h7-8,11-12,16,22,36H,6,9-10,13-15H2,1-5H3,(H,37,41)/t16?,22-/m0/s1. The van der Waals surface area contributed by atoms with Crippen molar-refractivity contribution in [2.75, 3.05) is 25.9 Å². The van der Waals surface area contributed by atoms with E-state index in [1.54, 1.807) is 20.8 Å². The van der Waals surface area contributed by atoms with Gasteiger partial charge in [-0.1, -0.05) is 30.1 Å². The van der Waals surface area contributed by atoms with Crippen molar-refractivity contribution in [2.45, 2.75) is 69.8 Å². The number of carbonyl (C=O) groups excluding carboxylic acids is 1. The number of halogens is 5. The number of rotatable bonds is 8. The Balaban J connectivity index is 1.89. The fourth-order valence-corrected chi connectivity index (χ4v) is 7.23. The number of aromatic nitrogens is 2. The fourth-order valence-electron chi connectivity index (χ4n) is 5.59. The molecule has 0 spiro atoms. The first-order chi connectivity index (χ1) is 21.2. The van der Waals surface area contributed by atoms with E-state index in [2.05, 4.69) is 10.3 Å². The highest BCUT2D eigenvalue weighted by Crippen LogP contribution is 2.40. The molecule has 0 bridgehead atoms. The zero-order valence-corrected chi connectivity index (χ0v) is 28.2. The maximum absolute atomic E-state index is 14.7. The topological polar surface area (TPSA) is 131 Å². The number of likely N-dealkylation sites (N-methyl/N-ethyl adjacent to an activating group) is 1. The Hall–Kier alpha value is -3.07. The van der Waals surface area contributed by atoms with Crippen molar-refractivity contribution in [3.05, 3.63) is 71.8 Å².